The molecule has 1 aliphatic heterocycles. The number of hydrogen-bond acceptors (Lipinski definition) is 4. The van der Waals surface area contributed by atoms with Crippen LogP contribution in [0.1, 0.15) is 30.1 Å². The second kappa shape index (κ2) is 6.31. The Morgan fingerprint density at radius 3 is 2.76 bits per heavy atom. The minimum atomic E-state index is -3.77. The smallest absolute Gasteiger partial charge is 0.337 e. The molecule has 2 unspecified atom stereocenters. The highest BCUT2D eigenvalue weighted by molar-refractivity contribution is 7.89. The number of carboxylic acid groups (broad SMARTS) is 1. The van der Waals surface area contributed by atoms with E-state index in [4.69, 9.17) is 21.4 Å². The van der Waals surface area contributed by atoms with Gasteiger partial charge in [0.1, 0.15) is 0 Å². The van der Waals surface area contributed by atoms with Crippen molar-refractivity contribution in [2.45, 2.75) is 36.8 Å². The van der Waals surface area contributed by atoms with Crippen LogP contribution < -0.4 is 4.72 Å². The summed E-state index contributed by atoms with van der Waals surface area (Å²) in [6.45, 7) is 2.37. The second-order valence-corrected chi connectivity index (χ2v) is 7.03. The Bertz CT molecular complexity index is 640. The molecule has 1 fully saturated rings. The zero-order chi connectivity index (χ0) is 15.6. The number of benzene rings is 1. The molecule has 2 rings (SSSR count). The van der Waals surface area contributed by atoms with Gasteiger partial charge in [-0.3, -0.25) is 0 Å². The van der Waals surface area contributed by atoms with Crippen LogP contribution in [-0.2, 0) is 14.8 Å². The predicted octanol–water partition coefficient (Wildman–Crippen LogP) is 1.88. The number of nitrogens with one attached hydrogen (secondary N) is 1. The van der Waals surface area contributed by atoms with Gasteiger partial charge in [-0.15, -0.1) is 0 Å². The van der Waals surface area contributed by atoms with Crippen molar-refractivity contribution in [3.63, 3.8) is 0 Å². The van der Waals surface area contributed by atoms with E-state index in [-0.39, 0.29) is 27.6 Å². The highest BCUT2D eigenvalue weighted by Gasteiger charge is 2.27. The maximum Gasteiger partial charge on any atom is 0.337 e. The molecule has 1 aromatic rings. The molecule has 0 amide bonds. The average Bonchev–Trinajstić information content (AvgIpc) is 2.91. The lowest BCUT2D eigenvalue weighted by Crippen LogP contribution is -2.40. The molecule has 0 saturated carbocycles. The SMILES string of the molecule is CC(NS(=O)(=O)c1ccc(C(=O)O)c(Cl)c1)C1CCCO1. The van der Waals surface area contributed by atoms with E-state index in [1.807, 2.05) is 0 Å². The van der Waals surface area contributed by atoms with Crippen LogP contribution in [0.25, 0.3) is 0 Å². The summed E-state index contributed by atoms with van der Waals surface area (Å²) in [6, 6.07) is 3.17. The van der Waals surface area contributed by atoms with Crippen molar-refractivity contribution >= 4 is 27.6 Å². The topological polar surface area (TPSA) is 92.7 Å². The van der Waals surface area contributed by atoms with Crippen molar-refractivity contribution in [1.82, 2.24) is 4.72 Å². The summed E-state index contributed by atoms with van der Waals surface area (Å²) in [4.78, 5) is 10.8. The van der Waals surface area contributed by atoms with E-state index in [9.17, 15) is 13.2 Å². The molecule has 21 heavy (non-hydrogen) atoms. The Balaban J connectivity index is 2.19. The van der Waals surface area contributed by atoms with Gasteiger partial charge in [-0.2, -0.15) is 0 Å². The fraction of sp³-hybridized carbons (Fsp3) is 0.462. The maximum atomic E-state index is 12.3. The fourth-order valence-corrected chi connectivity index (χ4v) is 3.85. The molecular formula is C13H16ClNO5S. The van der Waals surface area contributed by atoms with E-state index < -0.39 is 16.0 Å². The third-order valence-electron chi connectivity index (χ3n) is 3.34. The zero-order valence-electron chi connectivity index (χ0n) is 11.4. The van der Waals surface area contributed by atoms with E-state index in [0.29, 0.717) is 6.61 Å². The van der Waals surface area contributed by atoms with Crippen LogP contribution in [0.3, 0.4) is 0 Å². The molecule has 0 spiro atoms. The molecule has 2 N–H and O–H groups in total. The number of aromatic carboxylic acids is 1. The number of halogens is 1. The molecule has 0 aliphatic carbocycles. The summed E-state index contributed by atoms with van der Waals surface area (Å²) in [5, 5.41) is 8.77. The monoisotopic (exact) mass is 333 g/mol. The first-order valence-electron chi connectivity index (χ1n) is 6.48. The van der Waals surface area contributed by atoms with Crippen LogP contribution in [0.15, 0.2) is 23.1 Å². The molecule has 0 aromatic heterocycles. The summed E-state index contributed by atoms with van der Waals surface area (Å²) >= 11 is 5.80. The molecule has 1 heterocycles. The summed E-state index contributed by atoms with van der Waals surface area (Å²) in [7, 11) is -3.77. The van der Waals surface area contributed by atoms with Gasteiger partial charge in [0.15, 0.2) is 0 Å². The molecular weight excluding hydrogens is 318 g/mol. The van der Waals surface area contributed by atoms with E-state index in [0.717, 1.165) is 18.9 Å². The third-order valence-corrected chi connectivity index (χ3v) is 5.21. The summed E-state index contributed by atoms with van der Waals surface area (Å²) in [5.41, 5.74) is -0.136. The molecule has 0 radical (unpaired) electrons. The number of rotatable bonds is 5. The average molecular weight is 334 g/mol. The Labute approximate surface area is 128 Å². The molecule has 2 atom stereocenters. The lowest BCUT2D eigenvalue weighted by Gasteiger charge is -2.20. The van der Waals surface area contributed by atoms with Gasteiger partial charge in [0.25, 0.3) is 0 Å². The van der Waals surface area contributed by atoms with Gasteiger partial charge in [-0.25, -0.2) is 17.9 Å². The number of carbonyl (C=O) groups is 1. The molecule has 1 saturated heterocycles. The van der Waals surface area contributed by atoms with Crippen LogP contribution >= 0.6 is 11.6 Å². The maximum absolute atomic E-state index is 12.3. The molecule has 116 valence electrons. The third kappa shape index (κ3) is 3.74. The van der Waals surface area contributed by atoms with Crippen LogP contribution in [0.5, 0.6) is 0 Å². The van der Waals surface area contributed by atoms with Gasteiger partial charge < -0.3 is 9.84 Å². The van der Waals surface area contributed by atoms with Crippen molar-refractivity contribution in [3.8, 4) is 0 Å². The molecule has 6 nitrogen and oxygen atoms in total. The van der Waals surface area contributed by atoms with Crippen LogP contribution in [-0.4, -0.2) is 38.2 Å². The lowest BCUT2D eigenvalue weighted by atomic mass is 10.1. The van der Waals surface area contributed by atoms with E-state index in [1.165, 1.54) is 12.1 Å². The van der Waals surface area contributed by atoms with Gasteiger partial charge in [-0.1, -0.05) is 11.6 Å². The van der Waals surface area contributed by atoms with Crippen molar-refractivity contribution in [1.29, 1.82) is 0 Å². The first-order chi connectivity index (χ1) is 9.81. The minimum absolute atomic E-state index is 0.0673. The standard InChI is InChI=1S/C13H16ClNO5S/c1-8(12-3-2-6-20-12)15-21(18,19)9-4-5-10(13(16)17)11(14)7-9/h4-5,7-8,12,15H,2-3,6H2,1H3,(H,16,17). The van der Waals surface area contributed by atoms with Crippen molar-refractivity contribution in [3.05, 3.63) is 28.8 Å². The van der Waals surface area contributed by atoms with Gasteiger partial charge in [0.05, 0.1) is 21.6 Å². The molecule has 1 aliphatic rings. The Hall–Kier alpha value is -1.15. The number of carboxylic acids is 1. The Morgan fingerprint density at radius 2 is 2.24 bits per heavy atom. The zero-order valence-corrected chi connectivity index (χ0v) is 12.9. The minimum Gasteiger partial charge on any atom is -0.478 e. The number of sulfonamides is 1. The molecule has 0 bridgehead atoms. The van der Waals surface area contributed by atoms with Crippen molar-refractivity contribution < 1.29 is 23.1 Å². The fourth-order valence-electron chi connectivity index (χ4n) is 2.22. The van der Waals surface area contributed by atoms with Gasteiger partial charge in [0, 0.05) is 12.6 Å². The number of ether oxygens (including phenoxy) is 1. The quantitative estimate of drug-likeness (QED) is 0.858. The second-order valence-electron chi connectivity index (χ2n) is 4.91. The van der Waals surface area contributed by atoms with Crippen LogP contribution in [0.4, 0.5) is 0 Å². The normalized spacial score (nSPS) is 20.4. The first kappa shape index (κ1) is 16.2. The van der Waals surface area contributed by atoms with Crippen molar-refractivity contribution in [2.24, 2.45) is 0 Å². The molecule has 1 aromatic carbocycles. The van der Waals surface area contributed by atoms with Gasteiger partial charge in [-0.05, 0) is 38.0 Å². The first-order valence-corrected chi connectivity index (χ1v) is 8.34. The Morgan fingerprint density at radius 1 is 1.52 bits per heavy atom. The van der Waals surface area contributed by atoms with Crippen LogP contribution in [0, 0.1) is 0 Å². The van der Waals surface area contributed by atoms with Crippen LogP contribution in [0.2, 0.25) is 5.02 Å². The Kier molecular flexibility index (Phi) is 4.88. The molecule has 8 heteroatoms. The highest BCUT2D eigenvalue weighted by atomic mass is 35.5. The summed E-state index contributed by atoms with van der Waals surface area (Å²) < 4.78 is 32.5. The van der Waals surface area contributed by atoms with E-state index >= 15 is 0 Å². The summed E-state index contributed by atoms with van der Waals surface area (Å²) in [5.74, 6) is -1.20. The summed E-state index contributed by atoms with van der Waals surface area (Å²) in [6.07, 6.45) is 1.58. The largest absolute Gasteiger partial charge is 0.478 e. The van der Waals surface area contributed by atoms with E-state index in [1.54, 1.807) is 6.92 Å². The van der Waals surface area contributed by atoms with E-state index in [2.05, 4.69) is 4.72 Å². The van der Waals surface area contributed by atoms with Crippen molar-refractivity contribution in [2.75, 3.05) is 6.61 Å². The predicted molar refractivity (Wildman–Crippen MR) is 77.2 cm³/mol. The number of hydrogen-bond donors (Lipinski definition) is 2. The van der Waals surface area contributed by atoms with Gasteiger partial charge >= 0.3 is 5.97 Å². The van der Waals surface area contributed by atoms with Gasteiger partial charge in [0.2, 0.25) is 10.0 Å². The highest BCUT2D eigenvalue weighted by Crippen LogP contribution is 2.22. The lowest BCUT2D eigenvalue weighted by molar-refractivity contribution is 0.0697.